The summed E-state index contributed by atoms with van der Waals surface area (Å²) in [7, 11) is 0. The topological polar surface area (TPSA) is 99.6 Å². The maximum atomic E-state index is 11.9. The van der Waals surface area contributed by atoms with Gasteiger partial charge in [0.15, 0.2) is 0 Å². The zero-order chi connectivity index (χ0) is 16.4. The molecule has 24 heavy (non-hydrogen) atoms. The SMILES string of the molecule is Cl.O=C1CCC(c2ccc(N3CCC(C(=O)O)CC3)nc2)C(=O)N1. The number of pyridine rings is 1. The van der Waals surface area contributed by atoms with Crippen LogP contribution in [0, 0.1) is 5.92 Å². The van der Waals surface area contributed by atoms with Crippen molar-refractivity contribution in [1.82, 2.24) is 10.3 Å². The molecule has 2 aliphatic heterocycles. The zero-order valence-corrected chi connectivity index (χ0v) is 13.9. The van der Waals surface area contributed by atoms with Crippen molar-refractivity contribution in [2.45, 2.75) is 31.6 Å². The van der Waals surface area contributed by atoms with Gasteiger partial charge in [0.25, 0.3) is 0 Å². The molecule has 2 amide bonds. The average Bonchev–Trinajstić information content (AvgIpc) is 2.55. The van der Waals surface area contributed by atoms with E-state index in [4.69, 9.17) is 5.11 Å². The Labute approximate surface area is 145 Å². The number of carboxylic acids is 1. The van der Waals surface area contributed by atoms with Crippen molar-refractivity contribution in [2.24, 2.45) is 5.92 Å². The van der Waals surface area contributed by atoms with Gasteiger partial charge < -0.3 is 10.0 Å². The molecule has 1 unspecified atom stereocenters. The molecule has 0 aromatic carbocycles. The Morgan fingerprint density at radius 3 is 2.46 bits per heavy atom. The number of carbonyl (C=O) groups excluding carboxylic acids is 2. The van der Waals surface area contributed by atoms with Crippen LogP contribution in [0.1, 0.15) is 37.2 Å². The number of halogens is 1. The van der Waals surface area contributed by atoms with Gasteiger partial charge in [0.2, 0.25) is 11.8 Å². The van der Waals surface area contributed by atoms with Gasteiger partial charge in [-0.3, -0.25) is 19.7 Å². The fourth-order valence-electron chi connectivity index (χ4n) is 3.16. The third kappa shape index (κ3) is 3.84. The number of nitrogens with zero attached hydrogens (tertiary/aromatic N) is 2. The van der Waals surface area contributed by atoms with Crippen LogP contribution in [0.15, 0.2) is 18.3 Å². The largest absolute Gasteiger partial charge is 0.481 e. The maximum Gasteiger partial charge on any atom is 0.306 e. The first kappa shape index (κ1) is 18.2. The van der Waals surface area contributed by atoms with Crippen molar-refractivity contribution in [3.8, 4) is 0 Å². The molecule has 8 heteroatoms. The van der Waals surface area contributed by atoms with Crippen LogP contribution in [0.5, 0.6) is 0 Å². The molecule has 7 nitrogen and oxygen atoms in total. The summed E-state index contributed by atoms with van der Waals surface area (Å²) in [6.45, 7) is 1.34. The average molecular weight is 354 g/mol. The summed E-state index contributed by atoms with van der Waals surface area (Å²) in [5, 5.41) is 11.4. The second kappa shape index (κ2) is 7.61. The molecule has 2 fully saturated rings. The molecule has 0 radical (unpaired) electrons. The molecular formula is C16H20ClN3O4. The van der Waals surface area contributed by atoms with Crippen LogP contribution < -0.4 is 10.2 Å². The fraction of sp³-hybridized carbons (Fsp3) is 0.500. The van der Waals surface area contributed by atoms with Crippen LogP contribution in [-0.4, -0.2) is 41.0 Å². The predicted molar refractivity (Wildman–Crippen MR) is 89.2 cm³/mol. The Hall–Kier alpha value is -2.15. The van der Waals surface area contributed by atoms with Gasteiger partial charge in [0.05, 0.1) is 11.8 Å². The van der Waals surface area contributed by atoms with Gasteiger partial charge in [-0.25, -0.2) is 4.98 Å². The highest BCUT2D eigenvalue weighted by molar-refractivity contribution is 6.00. The smallest absolute Gasteiger partial charge is 0.306 e. The Kier molecular flexibility index (Phi) is 5.77. The van der Waals surface area contributed by atoms with Gasteiger partial charge in [-0.05, 0) is 30.9 Å². The lowest BCUT2D eigenvalue weighted by Crippen LogP contribution is -2.39. The van der Waals surface area contributed by atoms with Crippen LogP contribution in [-0.2, 0) is 14.4 Å². The van der Waals surface area contributed by atoms with Gasteiger partial charge >= 0.3 is 5.97 Å². The van der Waals surface area contributed by atoms with Crippen molar-refractivity contribution in [1.29, 1.82) is 0 Å². The van der Waals surface area contributed by atoms with E-state index in [0.717, 1.165) is 11.4 Å². The van der Waals surface area contributed by atoms with Crippen LogP contribution in [0.25, 0.3) is 0 Å². The zero-order valence-electron chi connectivity index (χ0n) is 13.1. The third-order valence-corrected chi connectivity index (χ3v) is 4.58. The third-order valence-electron chi connectivity index (χ3n) is 4.58. The van der Waals surface area contributed by atoms with E-state index in [1.165, 1.54) is 0 Å². The molecule has 0 bridgehead atoms. The minimum absolute atomic E-state index is 0. The van der Waals surface area contributed by atoms with E-state index in [0.29, 0.717) is 38.8 Å². The molecule has 1 aromatic heterocycles. The quantitative estimate of drug-likeness (QED) is 0.795. The molecule has 1 atom stereocenters. The van der Waals surface area contributed by atoms with Gasteiger partial charge in [0, 0.05) is 25.7 Å². The van der Waals surface area contributed by atoms with E-state index in [9.17, 15) is 14.4 Å². The molecule has 2 aliphatic rings. The van der Waals surface area contributed by atoms with Crippen molar-refractivity contribution in [3.05, 3.63) is 23.9 Å². The minimum Gasteiger partial charge on any atom is -0.481 e. The molecule has 3 rings (SSSR count). The number of anilines is 1. The van der Waals surface area contributed by atoms with Gasteiger partial charge in [0.1, 0.15) is 5.82 Å². The molecule has 0 aliphatic carbocycles. The maximum absolute atomic E-state index is 11.9. The van der Waals surface area contributed by atoms with E-state index < -0.39 is 5.97 Å². The summed E-state index contributed by atoms with van der Waals surface area (Å²) >= 11 is 0. The predicted octanol–water partition coefficient (Wildman–Crippen LogP) is 1.32. The summed E-state index contributed by atoms with van der Waals surface area (Å²) in [6, 6.07) is 3.73. The Balaban J connectivity index is 0.00000208. The number of aromatic nitrogens is 1. The first-order chi connectivity index (χ1) is 11.0. The standard InChI is InChI=1S/C16H19N3O4.ClH/c20-14-4-2-12(15(21)18-14)11-1-3-13(17-9-11)19-7-5-10(6-8-19)16(22)23;/h1,3,9-10,12H,2,4-8H2,(H,22,23)(H,18,20,21);1H. The molecule has 2 N–H and O–H groups in total. The number of amides is 2. The Bertz CT molecular complexity index is 627. The molecule has 130 valence electrons. The molecule has 0 spiro atoms. The van der Waals surface area contributed by atoms with E-state index in [1.54, 1.807) is 6.20 Å². The van der Waals surface area contributed by atoms with E-state index in [2.05, 4.69) is 15.2 Å². The highest BCUT2D eigenvalue weighted by atomic mass is 35.5. The summed E-state index contributed by atoms with van der Waals surface area (Å²) in [5.74, 6) is -1.02. The number of carbonyl (C=O) groups is 3. The van der Waals surface area contributed by atoms with Crippen LogP contribution in [0.4, 0.5) is 5.82 Å². The number of hydrogen-bond acceptors (Lipinski definition) is 5. The highest BCUT2D eigenvalue weighted by Gasteiger charge is 2.29. The normalized spacial score (nSPS) is 21.8. The number of hydrogen-bond donors (Lipinski definition) is 2. The fourth-order valence-corrected chi connectivity index (χ4v) is 3.16. The number of imide groups is 1. The second-order valence-electron chi connectivity index (χ2n) is 6.05. The monoisotopic (exact) mass is 353 g/mol. The summed E-state index contributed by atoms with van der Waals surface area (Å²) < 4.78 is 0. The molecule has 2 saturated heterocycles. The van der Waals surface area contributed by atoms with Crippen LogP contribution in [0.2, 0.25) is 0 Å². The first-order valence-electron chi connectivity index (χ1n) is 7.82. The number of aliphatic carboxylic acids is 1. The number of carboxylic acid groups (broad SMARTS) is 1. The van der Waals surface area contributed by atoms with Gasteiger partial charge in [-0.1, -0.05) is 6.07 Å². The van der Waals surface area contributed by atoms with Crippen LogP contribution >= 0.6 is 12.4 Å². The number of nitrogens with one attached hydrogen (secondary N) is 1. The van der Waals surface area contributed by atoms with Crippen LogP contribution in [0.3, 0.4) is 0 Å². The highest BCUT2D eigenvalue weighted by Crippen LogP contribution is 2.27. The lowest BCUT2D eigenvalue weighted by atomic mass is 9.91. The summed E-state index contributed by atoms with van der Waals surface area (Å²) in [6.07, 6.45) is 3.77. The van der Waals surface area contributed by atoms with Gasteiger partial charge in [-0.15, -0.1) is 12.4 Å². The Morgan fingerprint density at radius 1 is 1.21 bits per heavy atom. The lowest BCUT2D eigenvalue weighted by molar-refractivity contribution is -0.142. The van der Waals surface area contributed by atoms with Crippen molar-refractivity contribution in [2.75, 3.05) is 18.0 Å². The van der Waals surface area contributed by atoms with E-state index in [-0.39, 0.29) is 36.1 Å². The lowest BCUT2D eigenvalue weighted by Gasteiger charge is -2.31. The van der Waals surface area contributed by atoms with Crippen molar-refractivity contribution < 1.29 is 19.5 Å². The molecule has 0 saturated carbocycles. The molecule has 1 aromatic rings. The number of rotatable bonds is 3. The Morgan fingerprint density at radius 2 is 1.92 bits per heavy atom. The molecule has 3 heterocycles. The minimum atomic E-state index is -0.731. The summed E-state index contributed by atoms with van der Waals surface area (Å²) in [5.41, 5.74) is 0.805. The van der Waals surface area contributed by atoms with E-state index >= 15 is 0 Å². The van der Waals surface area contributed by atoms with Crippen molar-refractivity contribution >= 4 is 36.0 Å². The van der Waals surface area contributed by atoms with Gasteiger partial charge in [-0.2, -0.15) is 0 Å². The van der Waals surface area contributed by atoms with E-state index in [1.807, 2.05) is 12.1 Å². The number of piperidine rings is 2. The second-order valence-corrected chi connectivity index (χ2v) is 6.05. The van der Waals surface area contributed by atoms with Crippen molar-refractivity contribution in [3.63, 3.8) is 0 Å². The molecular weight excluding hydrogens is 334 g/mol. The first-order valence-corrected chi connectivity index (χ1v) is 7.82. The summed E-state index contributed by atoms with van der Waals surface area (Å²) in [4.78, 5) is 40.5.